The number of hydrogen-bond donors (Lipinski definition) is 3. The number of rotatable bonds is 4. The molecule has 0 aliphatic carbocycles. The van der Waals surface area contributed by atoms with Gasteiger partial charge in [-0.25, -0.2) is 9.18 Å². The van der Waals surface area contributed by atoms with E-state index in [9.17, 15) is 14.0 Å². The second-order valence-electron chi connectivity index (χ2n) is 6.41. The number of benzene rings is 1. The van der Waals surface area contributed by atoms with Gasteiger partial charge >= 0.3 is 6.03 Å². The molecule has 2 fully saturated rings. The number of nitrogens with zero attached hydrogens (tertiary/aromatic N) is 1. The first-order valence-electron chi connectivity index (χ1n) is 8.52. The van der Waals surface area contributed by atoms with E-state index >= 15 is 0 Å². The van der Waals surface area contributed by atoms with Gasteiger partial charge in [0.1, 0.15) is 5.82 Å². The Morgan fingerprint density at radius 2 is 2.23 bits per heavy atom. The molecule has 1 aromatic carbocycles. The van der Waals surface area contributed by atoms with E-state index in [1.165, 1.54) is 12.1 Å². The van der Waals surface area contributed by atoms with Crippen molar-refractivity contribution in [2.24, 2.45) is 5.92 Å². The SMILES string of the molecule is Cl.O=C(NCC1CCCN(C(=O)C2CSCN2)C1)Nc1cccc(F)c1. The summed E-state index contributed by atoms with van der Waals surface area (Å²) < 4.78 is 13.1. The zero-order valence-electron chi connectivity index (χ0n) is 14.4. The number of piperidine rings is 1. The van der Waals surface area contributed by atoms with Crippen LogP contribution in [0.15, 0.2) is 24.3 Å². The van der Waals surface area contributed by atoms with Crippen molar-refractivity contribution in [3.63, 3.8) is 0 Å². The minimum atomic E-state index is -0.391. The molecule has 3 amide bonds. The maximum absolute atomic E-state index is 13.1. The quantitative estimate of drug-likeness (QED) is 0.722. The van der Waals surface area contributed by atoms with Gasteiger partial charge in [0.15, 0.2) is 0 Å². The van der Waals surface area contributed by atoms with Crippen molar-refractivity contribution in [3.05, 3.63) is 30.1 Å². The fourth-order valence-electron chi connectivity index (χ4n) is 3.18. The van der Waals surface area contributed by atoms with Crippen molar-refractivity contribution in [1.29, 1.82) is 0 Å². The third-order valence-corrected chi connectivity index (χ3v) is 5.42. The molecule has 2 unspecified atom stereocenters. The van der Waals surface area contributed by atoms with Crippen molar-refractivity contribution >= 4 is 41.8 Å². The first-order chi connectivity index (χ1) is 12.1. The van der Waals surface area contributed by atoms with Crippen LogP contribution in [0.2, 0.25) is 0 Å². The molecule has 2 heterocycles. The van der Waals surface area contributed by atoms with Crippen molar-refractivity contribution in [2.75, 3.05) is 36.6 Å². The highest BCUT2D eigenvalue weighted by atomic mass is 35.5. The zero-order valence-corrected chi connectivity index (χ0v) is 16.0. The molecule has 0 radical (unpaired) electrons. The van der Waals surface area contributed by atoms with Gasteiger partial charge in [0.25, 0.3) is 0 Å². The summed E-state index contributed by atoms with van der Waals surface area (Å²) in [5.41, 5.74) is 0.419. The number of carbonyl (C=O) groups excluding carboxylic acids is 2. The van der Waals surface area contributed by atoms with Gasteiger partial charge in [0.2, 0.25) is 5.91 Å². The number of likely N-dealkylation sites (tertiary alicyclic amines) is 1. The smallest absolute Gasteiger partial charge is 0.319 e. The summed E-state index contributed by atoms with van der Waals surface area (Å²) in [6.07, 6.45) is 1.93. The molecule has 0 saturated carbocycles. The van der Waals surface area contributed by atoms with E-state index in [0.29, 0.717) is 18.8 Å². The Morgan fingerprint density at radius 1 is 1.38 bits per heavy atom. The average molecular weight is 403 g/mol. The lowest BCUT2D eigenvalue weighted by Gasteiger charge is -2.34. The Hall–Kier alpha value is -1.51. The second-order valence-corrected chi connectivity index (χ2v) is 7.44. The number of urea groups is 1. The minimum absolute atomic E-state index is 0. The van der Waals surface area contributed by atoms with E-state index in [0.717, 1.165) is 31.0 Å². The van der Waals surface area contributed by atoms with Crippen LogP contribution in [-0.2, 0) is 4.79 Å². The van der Waals surface area contributed by atoms with Gasteiger partial charge in [0.05, 0.1) is 6.04 Å². The maximum atomic E-state index is 13.1. The van der Waals surface area contributed by atoms with Crippen molar-refractivity contribution in [3.8, 4) is 0 Å². The molecule has 9 heteroatoms. The first kappa shape index (κ1) is 20.8. The van der Waals surface area contributed by atoms with Gasteiger partial charge in [-0.05, 0) is 37.0 Å². The fraction of sp³-hybridized carbons (Fsp3) is 0.529. The number of halogens is 2. The third-order valence-electron chi connectivity index (χ3n) is 4.48. The summed E-state index contributed by atoms with van der Waals surface area (Å²) in [5.74, 6) is 1.67. The second kappa shape index (κ2) is 9.99. The highest BCUT2D eigenvalue weighted by Gasteiger charge is 2.30. The molecule has 6 nitrogen and oxygen atoms in total. The highest BCUT2D eigenvalue weighted by Crippen LogP contribution is 2.19. The van der Waals surface area contributed by atoms with Crippen LogP contribution in [0.3, 0.4) is 0 Å². The lowest BCUT2D eigenvalue weighted by Crippen LogP contribution is -2.50. The molecular formula is C17H24ClFN4O2S. The van der Waals surface area contributed by atoms with Crippen LogP contribution in [0, 0.1) is 11.7 Å². The van der Waals surface area contributed by atoms with Crippen molar-refractivity contribution in [2.45, 2.75) is 18.9 Å². The summed E-state index contributed by atoms with van der Waals surface area (Å²) in [7, 11) is 0. The number of carbonyl (C=O) groups is 2. The molecule has 3 rings (SSSR count). The fourth-order valence-corrected chi connectivity index (χ4v) is 4.12. The van der Waals surface area contributed by atoms with Gasteiger partial charge in [-0.15, -0.1) is 24.2 Å². The first-order valence-corrected chi connectivity index (χ1v) is 9.67. The van der Waals surface area contributed by atoms with Crippen LogP contribution in [0.4, 0.5) is 14.9 Å². The van der Waals surface area contributed by atoms with E-state index in [1.54, 1.807) is 23.9 Å². The molecule has 26 heavy (non-hydrogen) atoms. The molecular weight excluding hydrogens is 379 g/mol. The number of anilines is 1. The molecule has 2 saturated heterocycles. The third kappa shape index (κ3) is 5.75. The van der Waals surface area contributed by atoms with Crippen LogP contribution >= 0.6 is 24.2 Å². The molecule has 3 N–H and O–H groups in total. The van der Waals surface area contributed by atoms with Gasteiger partial charge in [-0.2, -0.15) is 0 Å². The topological polar surface area (TPSA) is 73.5 Å². The largest absolute Gasteiger partial charge is 0.341 e. The number of amides is 3. The van der Waals surface area contributed by atoms with E-state index in [-0.39, 0.29) is 36.3 Å². The molecule has 0 spiro atoms. The highest BCUT2D eigenvalue weighted by molar-refractivity contribution is 7.99. The summed E-state index contributed by atoms with van der Waals surface area (Å²) in [5, 5.41) is 8.65. The summed E-state index contributed by atoms with van der Waals surface area (Å²) in [6.45, 7) is 1.95. The predicted octanol–water partition coefficient (Wildman–Crippen LogP) is 2.27. The van der Waals surface area contributed by atoms with Crippen LogP contribution in [0.25, 0.3) is 0 Å². The lowest BCUT2D eigenvalue weighted by atomic mass is 9.97. The van der Waals surface area contributed by atoms with Gasteiger partial charge in [-0.1, -0.05) is 6.07 Å². The van der Waals surface area contributed by atoms with Crippen molar-refractivity contribution < 1.29 is 14.0 Å². The van der Waals surface area contributed by atoms with E-state index in [2.05, 4.69) is 16.0 Å². The average Bonchev–Trinajstić information content (AvgIpc) is 3.14. The van der Waals surface area contributed by atoms with Gasteiger partial charge in [-0.3, -0.25) is 10.1 Å². The van der Waals surface area contributed by atoms with E-state index in [1.807, 2.05) is 4.90 Å². The summed E-state index contributed by atoms with van der Waals surface area (Å²) in [4.78, 5) is 26.3. The van der Waals surface area contributed by atoms with Gasteiger partial charge < -0.3 is 15.5 Å². The van der Waals surface area contributed by atoms with Crippen LogP contribution in [0.5, 0.6) is 0 Å². The van der Waals surface area contributed by atoms with E-state index in [4.69, 9.17) is 0 Å². The Kier molecular flexibility index (Phi) is 7.99. The van der Waals surface area contributed by atoms with Crippen molar-refractivity contribution in [1.82, 2.24) is 15.5 Å². The van der Waals surface area contributed by atoms with Gasteiger partial charge in [0, 0.05) is 37.0 Å². The number of nitrogens with one attached hydrogen (secondary N) is 3. The predicted molar refractivity (Wildman–Crippen MR) is 104 cm³/mol. The zero-order chi connectivity index (χ0) is 17.6. The van der Waals surface area contributed by atoms with Crippen LogP contribution in [-0.4, -0.2) is 54.1 Å². The Bertz CT molecular complexity index is 631. The van der Waals surface area contributed by atoms with Crippen LogP contribution < -0.4 is 16.0 Å². The molecule has 0 bridgehead atoms. The lowest BCUT2D eigenvalue weighted by molar-refractivity contribution is -0.134. The maximum Gasteiger partial charge on any atom is 0.319 e. The molecule has 1 aromatic rings. The standard InChI is InChI=1S/C17H23FN4O2S.ClH/c18-13-4-1-5-14(7-13)21-17(24)19-8-12-3-2-6-22(9-12)16(23)15-10-25-11-20-15;/h1,4-5,7,12,15,20H,2-3,6,8-11H2,(H2,19,21,24);1H. The molecule has 2 atom stereocenters. The molecule has 2 aliphatic heterocycles. The Balaban J connectivity index is 0.00000243. The summed E-state index contributed by atoms with van der Waals surface area (Å²) >= 11 is 1.74. The number of thioether (sulfide) groups is 1. The normalized spacial score (nSPS) is 22.4. The molecule has 2 aliphatic rings. The minimum Gasteiger partial charge on any atom is -0.341 e. The Labute approximate surface area is 163 Å². The molecule has 144 valence electrons. The molecule has 0 aromatic heterocycles. The van der Waals surface area contributed by atoms with Crippen LogP contribution in [0.1, 0.15) is 12.8 Å². The summed E-state index contributed by atoms with van der Waals surface area (Å²) in [6, 6.07) is 5.35. The van der Waals surface area contributed by atoms with E-state index < -0.39 is 5.82 Å². The monoisotopic (exact) mass is 402 g/mol. The number of hydrogen-bond acceptors (Lipinski definition) is 4. The Morgan fingerprint density at radius 3 is 2.96 bits per heavy atom.